The highest BCUT2D eigenvalue weighted by Gasteiger charge is 2.16. The highest BCUT2D eigenvalue weighted by Crippen LogP contribution is 2.13. The maximum absolute atomic E-state index is 12.1. The third kappa shape index (κ3) is 6.62. The van der Waals surface area contributed by atoms with Crippen LogP contribution in [0.2, 0.25) is 0 Å². The summed E-state index contributed by atoms with van der Waals surface area (Å²) in [5.74, 6) is -0.176. The summed E-state index contributed by atoms with van der Waals surface area (Å²) in [4.78, 5) is 24.1. The number of nitrogens with one attached hydrogen (secondary N) is 1. The molecule has 1 atom stereocenters. The van der Waals surface area contributed by atoms with Crippen LogP contribution >= 0.6 is 0 Å². The quantitative estimate of drug-likeness (QED) is 0.560. The van der Waals surface area contributed by atoms with Crippen LogP contribution in [-0.4, -0.2) is 24.6 Å². The van der Waals surface area contributed by atoms with E-state index in [9.17, 15) is 9.59 Å². The van der Waals surface area contributed by atoms with Crippen LogP contribution in [0.15, 0.2) is 54.6 Å². The molecule has 0 aliphatic carbocycles. The molecule has 5 heteroatoms. The second kappa shape index (κ2) is 10.2. The first-order chi connectivity index (χ1) is 13.0. The van der Waals surface area contributed by atoms with Crippen LogP contribution in [0.4, 0.5) is 5.69 Å². The topological polar surface area (TPSA) is 64.6 Å². The largest absolute Gasteiger partial charge is 0.494 e. The van der Waals surface area contributed by atoms with Gasteiger partial charge in [0.05, 0.1) is 6.61 Å². The highest BCUT2D eigenvalue weighted by molar-refractivity contribution is 5.96. The first-order valence-corrected chi connectivity index (χ1v) is 9.03. The Morgan fingerprint density at radius 3 is 2.30 bits per heavy atom. The second-order valence-electron chi connectivity index (χ2n) is 5.95. The summed E-state index contributed by atoms with van der Waals surface area (Å²) in [6.07, 6.45) is 2.97. The molecule has 0 fully saturated rings. The van der Waals surface area contributed by atoms with Crippen LogP contribution in [0.25, 0.3) is 6.08 Å². The van der Waals surface area contributed by atoms with E-state index in [1.54, 1.807) is 13.0 Å². The Kier molecular flexibility index (Phi) is 7.62. The molecule has 0 saturated heterocycles. The normalized spacial score (nSPS) is 11.8. The number of ether oxygens (including phenoxy) is 2. The molecule has 0 aliphatic heterocycles. The molecule has 27 heavy (non-hydrogen) atoms. The Morgan fingerprint density at radius 1 is 1.04 bits per heavy atom. The SMILES string of the molecule is CCOc1ccc(/C=C/C(=O)O[C@H](C)C(=O)Nc2ccc(CC)cc2)cc1. The number of rotatable bonds is 8. The van der Waals surface area contributed by atoms with Gasteiger partial charge in [0, 0.05) is 11.8 Å². The molecule has 0 aliphatic rings. The van der Waals surface area contributed by atoms with Crippen molar-refractivity contribution in [3.8, 4) is 5.75 Å². The smallest absolute Gasteiger partial charge is 0.331 e. The summed E-state index contributed by atoms with van der Waals surface area (Å²) in [6, 6.07) is 14.9. The number of aryl methyl sites for hydroxylation is 1. The van der Waals surface area contributed by atoms with Gasteiger partial charge in [-0.25, -0.2) is 4.79 Å². The standard InChI is InChI=1S/C22H25NO4/c1-4-17-6-11-19(12-7-17)23-22(25)16(3)27-21(24)15-10-18-8-13-20(14-9-18)26-5-2/h6-16H,4-5H2,1-3H3,(H,23,25)/b15-10+/t16-/m1/s1. The fraction of sp³-hybridized carbons (Fsp3) is 0.273. The van der Waals surface area contributed by atoms with Gasteiger partial charge in [-0.1, -0.05) is 31.2 Å². The van der Waals surface area contributed by atoms with Gasteiger partial charge in [-0.3, -0.25) is 4.79 Å². The Morgan fingerprint density at radius 2 is 1.70 bits per heavy atom. The molecule has 0 bridgehead atoms. The summed E-state index contributed by atoms with van der Waals surface area (Å²) in [5.41, 5.74) is 2.69. The van der Waals surface area contributed by atoms with E-state index in [1.165, 1.54) is 11.6 Å². The van der Waals surface area contributed by atoms with Crippen LogP contribution in [0.1, 0.15) is 31.9 Å². The fourth-order valence-electron chi connectivity index (χ4n) is 2.34. The van der Waals surface area contributed by atoms with Crippen molar-refractivity contribution in [1.82, 2.24) is 0 Å². The van der Waals surface area contributed by atoms with Crippen LogP contribution in [0.5, 0.6) is 5.75 Å². The van der Waals surface area contributed by atoms with Crippen LogP contribution in [-0.2, 0) is 20.7 Å². The zero-order valence-electron chi connectivity index (χ0n) is 15.9. The monoisotopic (exact) mass is 367 g/mol. The van der Waals surface area contributed by atoms with Crippen LogP contribution < -0.4 is 10.1 Å². The molecular weight excluding hydrogens is 342 g/mol. The third-order valence-corrected chi connectivity index (χ3v) is 3.89. The average molecular weight is 367 g/mol. The molecule has 0 heterocycles. The maximum atomic E-state index is 12.1. The van der Waals surface area contributed by atoms with Crippen molar-refractivity contribution in [3.63, 3.8) is 0 Å². The van der Waals surface area contributed by atoms with Gasteiger partial charge in [-0.2, -0.15) is 0 Å². The molecular formula is C22H25NO4. The number of anilines is 1. The summed E-state index contributed by atoms with van der Waals surface area (Å²) in [6.45, 7) is 6.12. The highest BCUT2D eigenvalue weighted by atomic mass is 16.5. The van der Waals surface area contributed by atoms with E-state index in [0.717, 1.165) is 17.7 Å². The molecule has 2 aromatic rings. The molecule has 2 rings (SSSR count). The van der Waals surface area contributed by atoms with Gasteiger partial charge >= 0.3 is 5.97 Å². The van der Waals surface area contributed by atoms with E-state index in [-0.39, 0.29) is 5.91 Å². The van der Waals surface area contributed by atoms with Crippen LogP contribution in [0.3, 0.4) is 0 Å². The minimum absolute atomic E-state index is 0.373. The average Bonchev–Trinajstić information content (AvgIpc) is 2.68. The molecule has 1 N–H and O–H groups in total. The van der Waals surface area contributed by atoms with Crippen molar-refractivity contribution in [2.75, 3.05) is 11.9 Å². The first-order valence-electron chi connectivity index (χ1n) is 9.03. The summed E-state index contributed by atoms with van der Waals surface area (Å²) >= 11 is 0. The Labute approximate surface area is 160 Å². The summed E-state index contributed by atoms with van der Waals surface area (Å²) < 4.78 is 10.5. The van der Waals surface area contributed by atoms with Crippen molar-refractivity contribution < 1.29 is 19.1 Å². The first kappa shape index (κ1) is 20.2. The lowest BCUT2D eigenvalue weighted by atomic mass is 10.1. The van der Waals surface area contributed by atoms with Gasteiger partial charge in [0.15, 0.2) is 6.10 Å². The zero-order chi connectivity index (χ0) is 19.6. The van der Waals surface area contributed by atoms with Crippen molar-refractivity contribution in [2.24, 2.45) is 0 Å². The number of esters is 1. The van der Waals surface area contributed by atoms with Crippen molar-refractivity contribution in [2.45, 2.75) is 33.3 Å². The maximum Gasteiger partial charge on any atom is 0.331 e. The summed E-state index contributed by atoms with van der Waals surface area (Å²) in [7, 11) is 0. The lowest BCUT2D eigenvalue weighted by Crippen LogP contribution is -2.29. The lowest BCUT2D eigenvalue weighted by molar-refractivity contribution is -0.148. The Bertz CT molecular complexity index is 779. The van der Waals surface area contributed by atoms with E-state index in [0.29, 0.717) is 12.3 Å². The Hall–Kier alpha value is -3.08. The molecule has 142 valence electrons. The molecule has 5 nitrogen and oxygen atoms in total. The molecule has 0 unspecified atom stereocenters. The second-order valence-corrected chi connectivity index (χ2v) is 5.95. The molecule has 0 spiro atoms. The van der Waals surface area contributed by atoms with E-state index in [1.807, 2.05) is 55.5 Å². The van der Waals surface area contributed by atoms with Gasteiger partial charge in [0.25, 0.3) is 5.91 Å². The predicted octanol–water partition coefficient (Wildman–Crippen LogP) is 4.23. The summed E-state index contributed by atoms with van der Waals surface area (Å²) in [5, 5.41) is 2.74. The van der Waals surface area contributed by atoms with Crippen molar-refractivity contribution in [1.29, 1.82) is 0 Å². The minimum Gasteiger partial charge on any atom is -0.494 e. The molecule has 1 amide bonds. The van der Waals surface area contributed by atoms with Crippen molar-refractivity contribution in [3.05, 3.63) is 65.7 Å². The van der Waals surface area contributed by atoms with Gasteiger partial charge in [0.2, 0.25) is 0 Å². The van der Waals surface area contributed by atoms with E-state index >= 15 is 0 Å². The molecule has 0 saturated carbocycles. The Balaban J connectivity index is 1.85. The number of carbonyl (C=O) groups is 2. The third-order valence-electron chi connectivity index (χ3n) is 3.89. The van der Waals surface area contributed by atoms with E-state index < -0.39 is 12.1 Å². The van der Waals surface area contributed by atoms with Gasteiger partial charge < -0.3 is 14.8 Å². The molecule has 0 aromatic heterocycles. The van der Waals surface area contributed by atoms with Crippen molar-refractivity contribution >= 4 is 23.6 Å². The van der Waals surface area contributed by atoms with E-state index in [4.69, 9.17) is 9.47 Å². The number of amides is 1. The van der Waals surface area contributed by atoms with Gasteiger partial charge in [0.1, 0.15) is 5.75 Å². The van der Waals surface area contributed by atoms with Gasteiger partial charge in [-0.15, -0.1) is 0 Å². The lowest BCUT2D eigenvalue weighted by Gasteiger charge is -2.12. The predicted molar refractivity (Wildman–Crippen MR) is 107 cm³/mol. The van der Waals surface area contributed by atoms with Crippen LogP contribution in [0, 0.1) is 0 Å². The van der Waals surface area contributed by atoms with Gasteiger partial charge in [-0.05, 0) is 61.7 Å². The number of hydrogen-bond donors (Lipinski definition) is 1. The number of hydrogen-bond acceptors (Lipinski definition) is 4. The van der Waals surface area contributed by atoms with E-state index in [2.05, 4.69) is 12.2 Å². The molecule has 0 radical (unpaired) electrons. The molecule has 2 aromatic carbocycles. The number of carbonyl (C=O) groups excluding carboxylic acids is 2. The number of benzene rings is 2. The fourth-order valence-corrected chi connectivity index (χ4v) is 2.34. The zero-order valence-corrected chi connectivity index (χ0v) is 15.9. The minimum atomic E-state index is -0.895.